The Balaban J connectivity index is 2.27. The first-order valence-electron chi connectivity index (χ1n) is 4.77. The number of aliphatic hydroxyl groups is 1. The summed E-state index contributed by atoms with van der Waals surface area (Å²) in [6.45, 7) is 1.08. The monoisotopic (exact) mass is 201 g/mol. The molecule has 0 saturated carbocycles. The number of nitrogens with zero attached hydrogens (tertiary/aromatic N) is 1. The summed E-state index contributed by atoms with van der Waals surface area (Å²) in [6, 6.07) is 0. The number of hydrogen-bond donors (Lipinski definition) is 2. The Morgan fingerprint density at radius 1 is 1.21 bits per heavy atom. The van der Waals surface area contributed by atoms with Gasteiger partial charge >= 0.3 is 5.97 Å². The minimum absolute atomic E-state index is 0.0609. The molecule has 5 nitrogen and oxygen atoms in total. The van der Waals surface area contributed by atoms with Crippen LogP contribution in [0, 0.1) is 0 Å². The fourth-order valence-corrected chi connectivity index (χ4v) is 1.49. The molecule has 1 heterocycles. The number of carboxylic acids is 1. The van der Waals surface area contributed by atoms with Gasteiger partial charge in [0.2, 0.25) is 5.91 Å². The number of carbonyl (C=O) groups excluding carboxylic acids is 1. The lowest BCUT2D eigenvalue weighted by Crippen LogP contribution is -2.40. The maximum atomic E-state index is 11.4. The van der Waals surface area contributed by atoms with E-state index in [0.717, 1.165) is 0 Å². The highest BCUT2D eigenvalue weighted by Crippen LogP contribution is 2.11. The second-order valence-electron chi connectivity index (χ2n) is 3.51. The molecule has 1 amide bonds. The van der Waals surface area contributed by atoms with E-state index in [4.69, 9.17) is 5.11 Å². The number of carboxylic acid groups (broad SMARTS) is 1. The van der Waals surface area contributed by atoms with E-state index in [1.54, 1.807) is 4.90 Å². The lowest BCUT2D eigenvalue weighted by atomic mass is 10.1. The molecule has 0 radical (unpaired) electrons. The third kappa shape index (κ3) is 3.33. The summed E-state index contributed by atoms with van der Waals surface area (Å²) >= 11 is 0. The number of aliphatic carboxylic acids is 1. The quantitative estimate of drug-likeness (QED) is 0.664. The highest BCUT2D eigenvalue weighted by Gasteiger charge is 2.21. The van der Waals surface area contributed by atoms with Gasteiger partial charge in [-0.3, -0.25) is 9.59 Å². The Morgan fingerprint density at radius 2 is 1.79 bits per heavy atom. The summed E-state index contributed by atoms with van der Waals surface area (Å²) in [5.41, 5.74) is 0. The number of rotatable bonds is 3. The minimum atomic E-state index is -0.949. The lowest BCUT2D eigenvalue weighted by Gasteiger charge is -2.29. The normalized spacial score (nSPS) is 18.2. The highest BCUT2D eigenvalue weighted by atomic mass is 16.4. The molecule has 14 heavy (non-hydrogen) atoms. The number of aliphatic hydroxyl groups excluding tert-OH is 1. The molecule has 0 aromatic heterocycles. The lowest BCUT2D eigenvalue weighted by molar-refractivity contribution is -0.141. The Kier molecular flexibility index (Phi) is 3.88. The van der Waals surface area contributed by atoms with E-state index in [9.17, 15) is 14.7 Å². The van der Waals surface area contributed by atoms with Crippen LogP contribution in [0.15, 0.2) is 0 Å². The molecule has 1 rings (SSSR count). The predicted octanol–water partition coefficient (Wildman–Crippen LogP) is -0.166. The maximum absolute atomic E-state index is 11.4. The number of amides is 1. The third-order valence-corrected chi connectivity index (χ3v) is 2.37. The zero-order valence-electron chi connectivity index (χ0n) is 7.98. The van der Waals surface area contributed by atoms with Crippen LogP contribution in [0.4, 0.5) is 0 Å². The molecule has 0 unspecified atom stereocenters. The van der Waals surface area contributed by atoms with Crippen LogP contribution in [0.2, 0.25) is 0 Å². The summed E-state index contributed by atoms with van der Waals surface area (Å²) in [5.74, 6) is -1.07. The summed E-state index contributed by atoms with van der Waals surface area (Å²) < 4.78 is 0. The summed E-state index contributed by atoms with van der Waals surface area (Å²) in [4.78, 5) is 23.2. The van der Waals surface area contributed by atoms with Gasteiger partial charge in [0.1, 0.15) is 0 Å². The fraction of sp³-hybridized carbons (Fsp3) is 0.778. The topological polar surface area (TPSA) is 77.8 Å². The molecule has 0 aromatic carbocycles. The second kappa shape index (κ2) is 4.95. The van der Waals surface area contributed by atoms with E-state index < -0.39 is 5.97 Å². The van der Waals surface area contributed by atoms with Crippen LogP contribution < -0.4 is 0 Å². The van der Waals surface area contributed by atoms with Gasteiger partial charge in [-0.1, -0.05) is 0 Å². The molecule has 1 aliphatic heterocycles. The van der Waals surface area contributed by atoms with Crippen molar-refractivity contribution in [3.05, 3.63) is 0 Å². The average molecular weight is 201 g/mol. The van der Waals surface area contributed by atoms with Crippen molar-refractivity contribution in [1.29, 1.82) is 0 Å². The zero-order valence-corrected chi connectivity index (χ0v) is 7.98. The average Bonchev–Trinajstić information content (AvgIpc) is 2.15. The van der Waals surface area contributed by atoms with Crippen molar-refractivity contribution in [2.24, 2.45) is 0 Å². The van der Waals surface area contributed by atoms with Gasteiger partial charge in [0, 0.05) is 19.5 Å². The molecule has 0 spiro atoms. The van der Waals surface area contributed by atoms with E-state index in [-0.39, 0.29) is 24.9 Å². The minimum Gasteiger partial charge on any atom is -0.481 e. The van der Waals surface area contributed by atoms with E-state index in [0.29, 0.717) is 25.9 Å². The van der Waals surface area contributed by atoms with Crippen molar-refractivity contribution in [3.8, 4) is 0 Å². The van der Waals surface area contributed by atoms with Gasteiger partial charge in [-0.05, 0) is 12.8 Å². The van der Waals surface area contributed by atoms with Crippen LogP contribution in [0.25, 0.3) is 0 Å². The first kappa shape index (κ1) is 11.0. The van der Waals surface area contributed by atoms with Crippen LogP contribution in [0.5, 0.6) is 0 Å². The van der Waals surface area contributed by atoms with E-state index in [2.05, 4.69) is 0 Å². The molecule has 5 heteroatoms. The molecule has 1 saturated heterocycles. The number of carbonyl (C=O) groups is 2. The van der Waals surface area contributed by atoms with Crippen LogP contribution >= 0.6 is 0 Å². The summed E-state index contributed by atoms with van der Waals surface area (Å²) in [6.07, 6.45) is 0.833. The number of piperidine rings is 1. The van der Waals surface area contributed by atoms with Crippen molar-refractivity contribution in [2.45, 2.75) is 31.8 Å². The van der Waals surface area contributed by atoms with E-state index in [1.165, 1.54) is 0 Å². The van der Waals surface area contributed by atoms with Crippen LogP contribution in [0.3, 0.4) is 0 Å². The molecular formula is C9H15NO4. The molecule has 1 aliphatic rings. The molecule has 1 fully saturated rings. The van der Waals surface area contributed by atoms with Gasteiger partial charge in [-0.2, -0.15) is 0 Å². The number of likely N-dealkylation sites (tertiary alicyclic amines) is 1. The first-order chi connectivity index (χ1) is 6.59. The smallest absolute Gasteiger partial charge is 0.303 e. The van der Waals surface area contributed by atoms with E-state index >= 15 is 0 Å². The zero-order chi connectivity index (χ0) is 10.6. The molecule has 2 N–H and O–H groups in total. The molecule has 80 valence electrons. The molecule has 0 atom stereocenters. The predicted molar refractivity (Wildman–Crippen MR) is 48.7 cm³/mol. The van der Waals surface area contributed by atoms with Crippen molar-refractivity contribution in [3.63, 3.8) is 0 Å². The Hall–Kier alpha value is -1.10. The largest absolute Gasteiger partial charge is 0.481 e. The van der Waals surface area contributed by atoms with Gasteiger partial charge < -0.3 is 15.1 Å². The van der Waals surface area contributed by atoms with E-state index in [1.807, 2.05) is 0 Å². The maximum Gasteiger partial charge on any atom is 0.303 e. The molecule has 0 bridgehead atoms. The second-order valence-corrected chi connectivity index (χ2v) is 3.51. The fourth-order valence-electron chi connectivity index (χ4n) is 1.49. The molecule has 0 aliphatic carbocycles. The van der Waals surface area contributed by atoms with Crippen molar-refractivity contribution in [1.82, 2.24) is 4.90 Å². The van der Waals surface area contributed by atoms with Gasteiger partial charge in [-0.15, -0.1) is 0 Å². The van der Waals surface area contributed by atoms with Gasteiger partial charge in [0.15, 0.2) is 0 Å². The summed E-state index contributed by atoms with van der Waals surface area (Å²) in [5, 5.41) is 17.6. The third-order valence-electron chi connectivity index (χ3n) is 2.37. The molecule has 0 aromatic rings. The SMILES string of the molecule is O=C(O)CCC(=O)N1CCC(O)CC1. The van der Waals surface area contributed by atoms with Crippen molar-refractivity contribution < 1.29 is 19.8 Å². The summed E-state index contributed by atoms with van der Waals surface area (Å²) in [7, 11) is 0. The van der Waals surface area contributed by atoms with Crippen molar-refractivity contribution >= 4 is 11.9 Å². The Morgan fingerprint density at radius 3 is 2.29 bits per heavy atom. The Labute approximate surface area is 82.3 Å². The van der Waals surface area contributed by atoms with Gasteiger partial charge in [-0.25, -0.2) is 0 Å². The molecular weight excluding hydrogens is 186 g/mol. The van der Waals surface area contributed by atoms with Gasteiger partial charge in [0.25, 0.3) is 0 Å². The Bertz CT molecular complexity index is 221. The standard InChI is InChI=1S/C9H15NO4/c11-7-3-5-10(6-4-7)8(12)1-2-9(13)14/h7,11H,1-6H2,(H,13,14). The van der Waals surface area contributed by atoms with Crippen LogP contribution in [-0.2, 0) is 9.59 Å². The van der Waals surface area contributed by atoms with Crippen molar-refractivity contribution in [2.75, 3.05) is 13.1 Å². The number of hydrogen-bond acceptors (Lipinski definition) is 3. The van der Waals surface area contributed by atoms with Crippen LogP contribution in [0.1, 0.15) is 25.7 Å². The van der Waals surface area contributed by atoms with Gasteiger partial charge in [0.05, 0.1) is 12.5 Å². The van der Waals surface area contributed by atoms with Crippen LogP contribution in [-0.4, -0.2) is 46.2 Å². The highest BCUT2D eigenvalue weighted by molar-refractivity contribution is 5.80. The first-order valence-corrected chi connectivity index (χ1v) is 4.77.